The van der Waals surface area contributed by atoms with E-state index in [0.717, 1.165) is 0 Å². The van der Waals surface area contributed by atoms with Crippen LogP contribution in [0.1, 0.15) is 0 Å². The van der Waals surface area contributed by atoms with Crippen molar-refractivity contribution < 1.29 is 9.84 Å². The summed E-state index contributed by atoms with van der Waals surface area (Å²) in [5.74, 6) is 0. The van der Waals surface area contributed by atoms with E-state index in [0.29, 0.717) is 6.61 Å². The zero-order valence-electron chi connectivity index (χ0n) is 6.18. The molecule has 0 heterocycles. The second-order valence-electron chi connectivity index (χ2n) is 1.87. The van der Waals surface area contributed by atoms with Crippen LogP contribution in [0.2, 0.25) is 0 Å². The Morgan fingerprint density at radius 1 is 1.82 bits per heavy atom. The molecule has 0 spiro atoms. The molecule has 62 valence electrons. The molecule has 0 aliphatic carbocycles. The molecule has 0 saturated heterocycles. The van der Waals surface area contributed by atoms with Crippen molar-refractivity contribution in [2.24, 2.45) is 5.11 Å². The third-order valence-electron chi connectivity index (χ3n) is 0.972. The van der Waals surface area contributed by atoms with E-state index in [2.05, 4.69) is 16.6 Å². The van der Waals surface area contributed by atoms with Gasteiger partial charge in [0.1, 0.15) is 0 Å². The molecule has 0 bridgehead atoms. The van der Waals surface area contributed by atoms with E-state index in [1.165, 1.54) is 0 Å². The molecule has 1 N–H and O–H groups in total. The number of aliphatic hydroxyl groups is 1. The van der Waals surface area contributed by atoms with E-state index in [4.69, 9.17) is 15.4 Å². The van der Waals surface area contributed by atoms with Gasteiger partial charge in [0.25, 0.3) is 0 Å². The summed E-state index contributed by atoms with van der Waals surface area (Å²) in [6.07, 6.45) is 1.59. The fourth-order valence-electron chi connectivity index (χ4n) is 0.483. The van der Waals surface area contributed by atoms with Gasteiger partial charge in [-0.15, -0.1) is 6.58 Å². The Morgan fingerprint density at radius 2 is 2.55 bits per heavy atom. The summed E-state index contributed by atoms with van der Waals surface area (Å²) in [6.45, 7) is 3.87. The average molecular weight is 157 g/mol. The first-order valence-corrected chi connectivity index (χ1v) is 3.18. The summed E-state index contributed by atoms with van der Waals surface area (Å²) in [6, 6.07) is -0.486. The first-order valence-electron chi connectivity index (χ1n) is 3.18. The first-order chi connectivity index (χ1) is 5.35. The van der Waals surface area contributed by atoms with Crippen LogP contribution in [0.15, 0.2) is 17.8 Å². The summed E-state index contributed by atoms with van der Waals surface area (Å²) in [5.41, 5.74) is 8.00. The van der Waals surface area contributed by atoms with Crippen LogP contribution in [-0.4, -0.2) is 31.0 Å². The number of ether oxygens (including phenoxy) is 1. The summed E-state index contributed by atoms with van der Waals surface area (Å²) < 4.78 is 4.95. The minimum Gasteiger partial charge on any atom is -0.396 e. The molecular formula is C6H11N3O2. The van der Waals surface area contributed by atoms with Gasteiger partial charge in [0.05, 0.1) is 25.9 Å². The molecule has 1 atom stereocenters. The maximum absolute atomic E-state index is 8.59. The minimum absolute atomic E-state index is 0.193. The van der Waals surface area contributed by atoms with Crippen LogP contribution in [-0.2, 0) is 4.74 Å². The number of azide groups is 1. The van der Waals surface area contributed by atoms with Gasteiger partial charge in [-0.25, -0.2) is 0 Å². The van der Waals surface area contributed by atoms with Crippen LogP contribution in [0.4, 0.5) is 0 Å². The van der Waals surface area contributed by atoms with Gasteiger partial charge in [0.15, 0.2) is 0 Å². The van der Waals surface area contributed by atoms with Crippen molar-refractivity contribution in [2.75, 3.05) is 19.8 Å². The van der Waals surface area contributed by atoms with Gasteiger partial charge in [-0.3, -0.25) is 0 Å². The maximum atomic E-state index is 8.59. The molecule has 5 nitrogen and oxygen atoms in total. The molecule has 0 fully saturated rings. The standard InChI is InChI=1S/C6H11N3O2/c1-2-3-11-5-6(4-10)8-9-7/h2,6,10H,1,3-5H2. The molecule has 11 heavy (non-hydrogen) atoms. The van der Waals surface area contributed by atoms with Crippen molar-refractivity contribution in [1.29, 1.82) is 0 Å². The third kappa shape index (κ3) is 5.42. The number of aliphatic hydroxyl groups excluding tert-OH is 1. The van der Waals surface area contributed by atoms with Crippen molar-refractivity contribution in [2.45, 2.75) is 6.04 Å². The molecule has 0 aromatic rings. The highest BCUT2D eigenvalue weighted by molar-refractivity contribution is 4.68. The average Bonchev–Trinajstić information content (AvgIpc) is 2.03. The van der Waals surface area contributed by atoms with Crippen LogP contribution < -0.4 is 0 Å². The second kappa shape index (κ2) is 7.08. The second-order valence-corrected chi connectivity index (χ2v) is 1.87. The first kappa shape index (κ1) is 9.97. The molecule has 0 aliphatic heterocycles. The van der Waals surface area contributed by atoms with Gasteiger partial charge in [0.2, 0.25) is 0 Å². The van der Waals surface area contributed by atoms with Gasteiger partial charge in [-0.05, 0) is 5.53 Å². The summed E-state index contributed by atoms with van der Waals surface area (Å²) in [5, 5.41) is 11.9. The Bertz CT molecular complexity index is 154. The Labute approximate surface area is 64.9 Å². The molecule has 0 aromatic heterocycles. The Hall–Kier alpha value is -1.03. The van der Waals surface area contributed by atoms with Crippen LogP contribution in [0.3, 0.4) is 0 Å². The monoisotopic (exact) mass is 157 g/mol. The fourth-order valence-corrected chi connectivity index (χ4v) is 0.483. The molecule has 1 unspecified atom stereocenters. The predicted molar refractivity (Wildman–Crippen MR) is 41.0 cm³/mol. The zero-order chi connectivity index (χ0) is 8.53. The largest absolute Gasteiger partial charge is 0.396 e. The Balaban J connectivity index is 3.51. The van der Waals surface area contributed by atoms with E-state index >= 15 is 0 Å². The lowest BCUT2D eigenvalue weighted by Crippen LogP contribution is -2.17. The number of rotatable bonds is 6. The van der Waals surface area contributed by atoms with E-state index in [9.17, 15) is 0 Å². The Morgan fingerprint density at radius 3 is 3.00 bits per heavy atom. The topological polar surface area (TPSA) is 78.2 Å². The lowest BCUT2D eigenvalue weighted by molar-refractivity contribution is 0.122. The zero-order valence-corrected chi connectivity index (χ0v) is 6.18. The molecule has 0 radical (unpaired) electrons. The highest BCUT2D eigenvalue weighted by Gasteiger charge is 2.02. The minimum atomic E-state index is -0.486. The molecule has 0 aromatic carbocycles. The molecule has 0 amide bonds. The molecule has 0 rings (SSSR count). The molecule has 0 aliphatic rings. The summed E-state index contributed by atoms with van der Waals surface area (Å²) in [4.78, 5) is 2.54. The van der Waals surface area contributed by atoms with Crippen molar-refractivity contribution in [3.8, 4) is 0 Å². The number of hydrogen-bond donors (Lipinski definition) is 1. The van der Waals surface area contributed by atoms with Gasteiger partial charge >= 0.3 is 0 Å². The van der Waals surface area contributed by atoms with Crippen LogP contribution in [0, 0.1) is 0 Å². The van der Waals surface area contributed by atoms with Gasteiger partial charge in [-0.2, -0.15) is 0 Å². The number of nitrogens with zero attached hydrogens (tertiary/aromatic N) is 3. The van der Waals surface area contributed by atoms with E-state index in [-0.39, 0.29) is 13.2 Å². The normalized spacial score (nSPS) is 11.7. The van der Waals surface area contributed by atoms with E-state index in [1.54, 1.807) is 6.08 Å². The predicted octanol–water partition coefficient (Wildman–Crippen LogP) is 0.860. The molecule has 0 saturated carbocycles. The van der Waals surface area contributed by atoms with Gasteiger partial charge in [-0.1, -0.05) is 11.2 Å². The van der Waals surface area contributed by atoms with Gasteiger partial charge < -0.3 is 9.84 Å². The van der Waals surface area contributed by atoms with Crippen molar-refractivity contribution in [1.82, 2.24) is 0 Å². The third-order valence-corrected chi connectivity index (χ3v) is 0.972. The van der Waals surface area contributed by atoms with E-state index in [1.807, 2.05) is 0 Å². The smallest absolute Gasteiger partial charge is 0.0838 e. The van der Waals surface area contributed by atoms with Crippen LogP contribution in [0.25, 0.3) is 10.4 Å². The fraction of sp³-hybridized carbons (Fsp3) is 0.667. The van der Waals surface area contributed by atoms with E-state index < -0.39 is 6.04 Å². The van der Waals surface area contributed by atoms with Gasteiger partial charge in [0, 0.05) is 4.91 Å². The van der Waals surface area contributed by atoms with Crippen molar-refractivity contribution in [3.63, 3.8) is 0 Å². The lowest BCUT2D eigenvalue weighted by atomic mass is 10.4. The molecule has 5 heteroatoms. The highest BCUT2D eigenvalue weighted by atomic mass is 16.5. The quantitative estimate of drug-likeness (QED) is 0.204. The van der Waals surface area contributed by atoms with Crippen LogP contribution in [0.5, 0.6) is 0 Å². The number of hydrogen-bond acceptors (Lipinski definition) is 3. The molecular weight excluding hydrogens is 146 g/mol. The summed E-state index contributed by atoms with van der Waals surface area (Å²) >= 11 is 0. The van der Waals surface area contributed by atoms with Crippen molar-refractivity contribution in [3.05, 3.63) is 23.1 Å². The SMILES string of the molecule is C=CCOCC(CO)N=[N+]=[N-]. The lowest BCUT2D eigenvalue weighted by Gasteiger charge is -2.05. The maximum Gasteiger partial charge on any atom is 0.0838 e. The van der Waals surface area contributed by atoms with Crippen molar-refractivity contribution >= 4 is 0 Å². The summed E-state index contributed by atoms with van der Waals surface area (Å²) in [7, 11) is 0. The highest BCUT2D eigenvalue weighted by Crippen LogP contribution is 1.91. The van der Waals surface area contributed by atoms with Crippen LogP contribution >= 0.6 is 0 Å². The Kier molecular flexibility index (Phi) is 6.42.